The molecule has 1 rings (SSSR count). The van der Waals surface area contributed by atoms with Crippen molar-refractivity contribution in [3.8, 4) is 0 Å². The molecular formula is C6H10N4. The van der Waals surface area contributed by atoms with Gasteiger partial charge in [0.05, 0.1) is 12.0 Å². The van der Waals surface area contributed by atoms with E-state index in [0.29, 0.717) is 5.69 Å². The van der Waals surface area contributed by atoms with Gasteiger partial charge in [-0.05, 0) is 12.1 Å². The van der Waals surface area contributed by atoms with Crippen LogP contribution in [0.5, 0.6) is 0 Å². The molecule has 4 nitrogen and oxygen atoms in total. The van der Waals surface area contributed by atoms with Crippen molar-refractivity contribution in [3.63, 3.8) is 0 Å². The van der Waals surface area contributed by atoms with Crippen molar-refractivity contribution in [3.05, 3.63) is 24.5 Å². The fourth-order valence-corrected chi connectivity index (χ4v) is 0.376. The topological polar surface area (TPSA) is 88.8 Å². The number of nitrogens with two attached hydrogens (primary N) is 2. The van der Waals surface area contributed by atoms with Gasteiger partial charge in [-0.15, -0.1) is 0 Å². The Morgan fingerprint density at radius 2 is 2.20 bits per heavy atom. The van der Waals surface area contributed by atoms with Gasteiger partial charge in [0, 0.05) is 12.4 Å². The van der Waals surface area contributed by atoms with Crippen LogP contribution in [0.4, 0.5) is 5.69 Å². The van der Waals surface area contributed by atoms with Crippen LogP contribution in [0.3, 0.4) is 0 Å². The van der Waals surface area contributed by atoms with E-state index in [1.54, 1.807) is 24.5 Å². The number of hydrogen-bond acceptors (Lipinski definition) is 3. The maximum absolute atomic E-state index is 5.86. The van der Waals surface area contributed by atoms with Gasteiger partial charge in [0.15, 0.2) is 0 Å². The van der Waals surface area contributed by atoms with Crippen LogP contribution in [0.1, 0.15) is 0 Å². The van der Waals surface area contributed by atoms with Crippen LogP contribution in [-0.2, 0) is 0 Å². The molecule has 0 spiro atoms. The summed E-state index contributed by atoms with van der Waals surface area (Å²) in [5.41, 5.74) is 10.4. The van der Waals surface area contributed by atoms with Crippen LogP contribution in [0, 0.1) is 5.41 Å². The predicted octanol–water partition coefficient (Wildman–Crippen LogP) is 0.216. The molecule has 0 unspecified atom stereocenters. The van der Waals surface area contributed by atoms with E-state index in [0.717, 1.165) is 6.34 Å². The van der Waals surface area contributed by atoms with Crippen LogP contribution in [-0.4, -0.2) is 11.3 Å². The van der Waals surface area contributed by atoms with E-state index < -0.39 is 0 Å². The highest BCUT2D eigenvalue weighted by atomic mass is 14.7. The summed E-state index contributed by atoms with van der Waals surface area (Å²) in [7, 11) is 0. The smallest absolute Gasteiger partial charge is 0.0765 e. The third-order valence-corrected chi connectivity index (χ3v) is 0.684. The van der Waals surface area contributed by atoms with Crippen LogP contribution >= 0.6 is 0 Å². The molecule has 0 amide bonds. The molecule has 1 heterocycles. The Kier molecular flexibility index (Phi) is 4.68. The van der Waals surface area contributed by atoms with Crippen LogP contribution in [0.25, 0.3) is 0 Å². The van der Waals surface area contributed by atoms with Crippen LogP contribution in [0.15, 0.2) is 24.5 Å². The Labute approximate surface area is 59.4 Å². The molecule has 54 valence electrons. The standard InChI is InChI=1S/C5H6N2.CH4N2/c6-5-2-1-3-7-4-5;2-1-3/h1-4H,6H2;1H,(H3,2,3). The van der Waals surface area contributed by atoms with E-state index in [2.05, 4.69) is 10.7 Å². The monoisotopic (exact) mass is 138 g/mol. The van der Waals surface area contributed by atoms with Crippen molar-refractivity contribution < 1.29 is 0 Å². The number of nitrogens with zero attached hydrogens (tertiary/aromatic N) is 1. The molecule has 0 saturated carbocycles. The molecule has 0 aliphatic heterocycles. The van der Waals surface area contributed by atoms with E-state index >= 15 is 0 Å². The molecule has 0 bridgehead atoms. The maximum atomic E-state index is 5.86. The molecule has 5 N–H and O–H groups in total. The summed E-state index contributed by atoms with van der Waals surface area (Å²) in [4.78, 5) is 3.76. The van der Waals surface area contributed by atoms with E-state index in [1.807, 2.05) is 0 Å². The Bertz CT molecular complexity index is 172. The lowest BCUT2D eigenvalue weighted by Crippen LogP contribution is -1.82. The third kappa shape index (κ3) is 4.58. The Balaban J connectivity index is 0.000000236. The largest absolute Gasteiger partial charge is 0.397 e. The second-order valence-electron chi connectivity index (χ2n) is 1.45. The minimum atomic E-state index is 0.711. The molecule has 10 heavy (non-hydrogen) atoms. The van der Waals surface area contributed by atoms with E-state index in [9.17, 15) is 0 Å². The lowest BCUT2D eigenvalue weighted by molar-refractivity contribution is 1.33. The number of anilines is 1. The highest BCUT2D eigenvalue weighted by Crippen LogP contribution is 1.92. The zero-order valence-corrected chi connectivity index (χ0v) is 5.49. The molecular weight excluding hydrogens is 128 g/mol. The molecule has 1 aromatic rings. The van der Waals surface area contributed by atoms with Crippen molar-refractivity contribution in [2.45, 2.75) is 0 Å². The van der Waals surface area contributed by atoms with Crippen molar-refractivity contribution >= 4 is 12.0 Å². The average molecular weight is 138 g/mol. The van der Waals surface area contributed by atoms with Crippen molar-refractivity contribution in [2.24, 2.45) is 5.73 Å². The molecule has 0 saturated heterocycles. The third-order valence-electron chi connectivity index (χ3n) is 0.684. The first-order valence-electron chi connectivity index (χ1n) is 2.67. The average Bonchev–Trinajstić information content (AvgIpc) is 1.91. The van der Waals surface area contributed by atoms with E-state index in [-0.39, 0.29) is 0 Å². The van der Waals surface area contributed by atoms with Gasteiger partial charge in [0.1, 0.15) is 0 Å². The number of aromatic nitrogens is 1. The van der Waals surface area contributed by atoms with Gasteiger partial charge in [-0.3, -0.25) is 10.4 Å². The second kappa shape index (κ2) is 5.55. The number of nitrogens with one attached hydrogen (secondary N) is 1. The number of pyridine rings is 1. The highest BCUT2D eigenvalue weighted by molar-refractivity contribution is 5.46. The SMILES string of the molecule is N=CN.Nc1cccnc1. The van der Waals surface area contributed by atoms with Crippen molar-refractivity contribution in [2.75, 3.05) is 5.73 Å². The van der Waals surface area contributed by atoms with Gasteiger partial charge < -0.3 is 11.5 Å². The lowest BCUT2D eigenvalue weighted by atomic mass is 10.4. The summed E-state index contributed by atoms with van der Waals surface area (Å²) < 4.78 is 0. The number of nitrogen functional groups attached to an aromatic ring is 1. The van der Waals surface area contributed by atoms with Gasteiger partial charge >= 0.3 is 0 Å². The fourth-order valence-electron chi connectivity index (χ4n) is 0.376. The Morgan fingerprint density at radius 3 is 2.40 bits per heavy atom. The highest BCUT2D eigenvalue weighted by Gasteiger charge is 1.73. The van der Waals surface area contributed by atoms with Crippen LogP contribution < -0.4 is 11.5 Å². The molecule has 0 aromatic carbocycles. The van der Waals surface area contributed by atoms with Gasteiger partial charge in [0.2, 0.25) is 0 Å². The molecule has 0 atom stereocenters. The first kappa shape index (κ1) is 8.42. The van der Waals surface area contributed by atoms with E-state index in [4.69, 9.17) is 11.1 Å². The zero-order chi connectivity index (χ0) is 7.82. The summed E-state index contributed by atoms with van der Waals surface area (Å²) in [6, 6.07) is 3.60. The summed E-state index contributed by atoms with van der Waals surface area (Å²) in [5.74, 6) is 0. The Hall–Kier alpha value is -1.58. The quantitative estimate of drug-likeness (QED) is 0.354. The molecule has 0 radical (unpaired) electrons. The van der Waals surface area contributed by atoms with Crippen molar-refractivity contribution in [1.82, 2.24) is 4.98 Å². The molecule has 0 aliphatic rings. The minimum absolute atomic E-state index is 0.711. The normalized spacial score (nSPS) is 7.20. The van der Waals surface area contributed by atoms with Gasteiger partial charge in [0.25, 0.3) is 0 Å². The van der Waals surface area contributed by atoms with Gasteiger partial charge in [-0.2, -0.15) is 0 Å². The summed E-state index contributed by atoms with van der Waals surface area (Å²) >= 11 is 0. The molecule has 0 fully saturated rings. The minimum Gasteiger partial charge on any atom is -0.397 e. The van der Waals surface area contributed by atoms with Crippen LogP contribution in [0.2, 0.25) is 0 Å². The van der Waals surface area contributed by atoms with E-state index in [1.165, 1.54) is 0 Å². The van der Waals surface area contributed by atoms with Crippen molar-refractivity contribution in [1.29, 1.82) is 5.41 Å². The fraction of sp³-hybridized carbons (Fsp3) is 0. The first-order valence-corrected chi connectivity index (χ1v) is 2.67. The Morgan fingerprint density at radius 1 is 1.60 bits per heavy atom. The van der Waals surface area contributed by atoms with Gasteiger partial charge in [-0.1, -0.05) is 0 Å². The lowest BCUT2D eigenvalue weighted by Gasteiger charge is -1.83. The molecule has 1 aromatic heterocycles. The van der Waals surface area contributed by atoms with Gasteiger partial charge in [-0.25, -0.2) is 0 Å². The number of rotatable bonds is 0. The molecule has 0 aliphatic carbocycles. The molecule has 4 heteroatoms. The maximum Gasteiger partial charge on any atom is 0.0765 e. The first-order chi connectivity index (χ1) is 4.81. The second-order valence-corrected chi connectivity index (χ2v) is 1.45. The summed E-state index contributed by atoms with van der Waals surface area (Å²) in [5, 5.41) is 5.86. The summed E-state index contributed by atoms with van der Waals surface area (Å²) in [6.07, 6.45) is 4.05. The predicted molar refractivity (Wildman–Crippen MR) is 41.6 cm³/mol. The summed E-state index contributed by atoms with van der Waals surface area (Å²) in [6.45, 7) is 0. The zero-order valence-electron chi connectivity index (χ0n) is 5.49. The number of hydrogen-bond donors (Lipinski definition) is 3.